The number of nitrogens with two attached hydrogens (primary N) is 1. The van der Waals surface area contributed by atoms with Crippen molar-refractivity contribution in [1.29, 1.82) is 0 Å². The molecule has 1 aromatic carbocycles. The number of anilines is 2. The maximum atomic E-state index is 12.0. The highest BCUT2D eigenvalue weighted by molar-refractivity contribution is 6.07. The van der Waals surface area contributed by atoms with Crippen molar-refractivity contribution in [2.75, 3.05) is 10.7 Å². The van der Waals surface area contributed by atoms with E-state index in [1.165, 1.54) is 6.20 Å². The van der Waals surface area contributed by atoms with Crippen LogP contribution in [0.2, 0.25) is 0 Å². The van der Waals surface area contributed by atoms with E-state index >= 15 is 0 Å². The molecule has 0 unspecified atom stereocenters. The molecule has 0 bridgehead atoms. The zero-order chi connectivity index (χ0) is 13.0. The fraction of sp³-hybridized carbons (Fsp3) is 0.0833. The summed E-state index contributed by atoms with van der Waals surface area (Å²) in [5.41, 5.74) is 4.54. The van der Waals surface area contributed by atoms with Crippen LogP contribution in [0.4, 0.5) is 11.5 Å². The zero-order valence-corrected chi connectivity index (χ0v) is 9.84. The van der Waals surface area contributed by atoms with Gasteiger partial charge in [0.05, 0.1) is 11.3 Å². The number of carbonyl (C=O) groups is 1. The quantitative estimate of drug-likeness (QED) is 0.558. The molecule has 2 aromatic rings. The second kappa shape index (κ2) is 5.24. The van der Waals surface area contributed by atoms with Gasteiger partial charge in [-0.25, -0.2) is 0 Å². The Kier molecular flexibility index (Phi) is 3.49. The third-order valence-corrected chi connectivity index (χ3v) is 2.39. The lowest BCUT2D eigenvalue weighted by molar-refractivity contribution is 0.102. The molecule has 92 valence electrons. The molecule has 0 aliphatic carbocycles. The summed E-state index contributed by atoms with van der Waals surface area (Å²) in [6, 6.07) is 8.70. The van der Waals surface area contributed by atoms with Crippen molar-refractivity contribution >= 4 is 17.4 Å². The summed E-state index contributed by atoms with van der Waals surface area (Å²) in [7, 11) is 0. The SMILES string of the molecule is Cc1ccc(C(=O)Nc2cccnn2)c(NN)c1. The number of hydrogen-bond donors (Lipinski definition) is 3. The minimum absolute atomic E-state index is 0.288. The fourth-order valence-corrected chi connectivity index (χ4v) is 1.53. The van der Waals surface area contributed by atoms with E-state index in [0.717, 1.165) is 5.56 Å². The van der Waals surface area contributed by atoms with Gasteiger partial charge in [0.25, 0.3) is 5.91 Å². The van der Waals surface area contributed by atoms with E-state index in [1.54, 1.807) is 24.3 Å². The molecule has 0 saturated carbocycles. The summed E-state index contributed by atoms with van der Waals surface area (Å²) in [6.45, 7) is 1.92. The van der Waals surface area contributed by atoms with Crippen LogP contribution in [0.25, 0.3) is 0 Å². The minimum atomic E-state index is -0.288. The molecular formula is C12H13N5O. The molecule has 18 heavy (non-hydrogen) atoms. The first-order valence-electron chi connectivity index (χ1n) is 5.37. The second-order valence-electron chi connectivity index (χ2n) is 3.76. The van der Waals surface area contributed by atoms with Crippen LogP contribution in [0.5, 0.6) is 0 Å². The van der Waals surface area contributed by atoms with E-state index in [0.29, 0.717) is 17.1 Å². The van der Waals surface area contributed by atoms with Crippen LogP contribution in [0.3, 0.4) is 0 Å². The van der Waals surface area contributed by atoms with Crippen molar-refractivity contribution in [3.8, 4) is 0 Å². The number of amides is 1. The first-order valence-corrected chi connectivity index (χ1v) is 5.37. The van der Waals surface area contributed by atoms with Crippen molar-refractivity contribution in [3.05, 3.63) is 47.7 Å². The first-order chi connectivity index (χ1) is 8.70. The van der Waals surface area contributed by atoms with Gasteiger partial charge in [0.2, 0.25) is 0 Å². The van der Waals surface area contributed by atoms with E-state index in [2.05, 4.69) is 20.9 Å². The van der Waals surface area contributed by atoms with Gasteiger partial charge in [0.15, 0.2) is 5.82 Å². The maximum absolute atomic E-state index is 12.0. The molecule has 0 spiro atoms. The Morgan fingerprint density at radius 2 is 2.17 bits per heavy atom. The molecule has 1 heterocycles. The Hall–Kier alpha value is -2.47. The maximum Gasteiger partial charge on any atom is 0.259 e. The smallest absolute Gasteiger partial charge is 0.259 e. The molecule has 1 amide bonds. The minimum Gasteiger partial charge on any atom is -0.323 e. The van der Waals surface area contributed by atoms with Gasteiger partial charge in [-0.1, -0.05) is 6.07 Å². The molecule has 4 N–H and O–H groups in total. The van der Waals surface area contributed by atoms with Crippen LogP contribution in [-0.2, 0) is 0 Å². The van der Waals surface area contributed by atoms with Crippen LogP contribution in [0.15, 0.2) is 36.5 Å². The molecule has 0 saturated heterocycles. The Labute approximate surface area is 104 Å². The summed E-state index contributed by atoms with van der Waals surface area (Å²) in [5, 5.41) is 10.1. The van der Waals surface area contributed by atoms with Gasteiger partial charge in [0.1, 0.15) is 0 Å². The molecule has 0 aliphatic rings. The van der Waals surface area contributed by atoms with Crippen LogP contribution >= 0.6 is 0 Å². The molecule has 2 rings (SSSR count). The Morgan fingerprint density at radius 1 is 1.33 bits per heavy atom. The Bertz CT molecular complexity index is 556. The number of nitrogens with one attached hydrogen (secondary N) is 2. The van der Waals surface area contributed by atoms with Gasteiger partial charge in [-0.05, 0) is 36.8 Å². The largest absolute Gasteiger partial charge is 0.323 e. The first kappa shape index (κ1) is 12.0. The van der Waals surface area contributed by atoms with Crippen LogP contribution in [0, 0.1) is 6.92 Å². The van der Waals surface area contributed by atoms with Crippen molar-refractivity contribution in [3.63, 3.8) is 0 Å². The molecule has 0 atom stereocenters. The monoisotopic (exact) mass is 243 g/mol. The molecule has 0 aliphatic heterocycles. The van der Waals surface area contributed by atoms with Crippen molar-refractivity contribution in [1.82, 2.24) is 10.2 Å². The van der Waals surface area contributed by atoms with Gasteiger partial charge >= 0.3 is 0 Å². The third-order valence-electron chi connectivity index (χ3n) is 2.39. The lowest BCUT2D eigenvalue weighted by Crippen LogP contribution is -2.18. The second-order valence-corrected chi connectivity index (χ2v) is 3.76. The topological polar surface area (TPSA) is 92.9 Å². The number of hydrogen-bond acceptors (Lipinski definition) is 5. The summed E-state index contributed by atoms with van der Waals surface area (Å²) >= 11 is 0. The number of carbonyl (C=O) groups excluding carboxylic acids is 1. The Balaban J connectivity index is 2.24. The molecule has 0 fully saturated rings. The average molecular weight is 243 g/mol. The average Bonchev–Trinajstić information content (AvgIpc) is 2.39. The van der Waals surface area contributed by atoms with E-state index < -0.39 is 0 Å². The highest BCUT2D eigenvalue weighted by Crippen LogP contribution is 2.17. The number of hydrazine groups is 1. The van der Waals surface area contributed by atoms with Gasteiger partial charge in [0, 0.05) is 6.20 Å². The molecule has 6 heteroatoms. The van der Waals surface area contributed by atoms with Crippen LogP contribution in [-0.4, -0.2) is 16.1 Å². The molecule has 1 aromatic heterocycles. The van der Waals surface area contributed by atoms with E-state index in [9.17, 15) is 4.79 Å². The van der Waals surface area contributed by atoms with Gasteiger partial charge in [-0.15, -0.1) is 5.10 Å². The third kappa shape index (κ3) is 2.61. The number of nitrogen functional groups attached to an aromatic ring is 1. The van der Waals surface area contributed by atoms with Crippen molar-refractivity contribution in [2.45, 2.75) is 6.92 Å². The highest BCUT2D eigenvalue weighted by atomic mass is 16.1. The number of benzene rings is 1. The summed E-state index contributed by atoms with van der Waals surface area (Å²) in [5.74, 6) is 5.50. The standard InChI is InChI=1S/C12H13N5O/c1-8-4-5-9(10(7-8)16-13)12(18)15-11-3-2-6-14-17-11/h2-7,16H,13H2,1H3,(H,15,17,18). The molecule has 0 radical (unpaired) electrons. The predicted molar refractivity (Wildman–Crippen MR) is 69.0 cm³/mol. The fourth-order valence-electron chi connectivity index (χ4n) is 1.53. The summed E-state index contributed by atoms with van der Waals surface area (Å²) < 4.78 is 0. The van der Waals surface area contributed by atoms with E-state index in [4.69, 9.17) is 5.84 Å². The van der Waals surface area contributed by atoms with Gasteiger partial charge < -0.3 is 10.7 Å². The number of nitrogens with zero attached hydrogens (tertiary/aromatic N) is 2. The Morgan fingerprint density at radius 3 is 2.83 bits per heavy atom. The van der Waals surface area contributed by atoms with Crippen LogP contribution in [0.1, 0.15) is 15.9 Å². The summed E-state index contributed by atoms with van der Waals surface area (Å²) in [6.07, 6.45) is 1.54. The summed E-state index contributed by atoms with van der Waals surface area (Å²) in [4.78, 5) is 12.0. The zero-order valence-electron chi connectivity index (χ0n) is 9.84. The van der Waals surface area contributed by atoms with E-state index in [-0.39, 0.29) is 5.91 Å². The van der Waals surface area contributed by atoms with Crippen molar-refractivity contribution < 1.29 is 4.79 Å². The van der Waals surface area contributed by atoms with Gasteiger partial charge in [-0.3, -0.25) is 10.6 Å². The van der Waals surface area contributed by atoms with Gasteiger partial charge in [-0.2, -0.15) is 5.10 Å². The lowest BCUT2D eigenvalue weighted by atomic mass is 10.1. The lowest BCUT2D eigenvalue weighted by Gasteiger charge is -2.09. The predicted octanol–water partition coefficient (Wildman–Crippen LogP) is 1.32. The molecule has 6 nitrogen and oxygen atoms in total. The number of aryl methyl sites for hydroxylation is 1. The molecular weight excluding hydrogens is 230 g/mol. The highest BCUT2D eigenvalue weighted by Gasteiger charge is 2.11. The number of aromatic nitrogens is 2. The number of rotatable bonds is 3. The normalized spacial score (nSPS) is 9.89. The van der Waals surface area contributed by atoms with Crippen LogP contribution < -0.4 is 16.6 Å². The van der Waals surface area contributed by atoms with E-state index in [1.807, 2.05) is 13.0 Å². The van der Waals surface area contributed by atoms with Crippen molar-refractivity contribution in [2.24, 2.45) is 5.84 Å².